The molecule has 13 heavy (non-hydrogen) atoms. The van der Waals surface area contributed by atoms with Crippen LogP contribution in [0.25, 0.3) is 0 Å². The number of halogens is 3. The third kappa shape index (κ3) is 6.85. The van der Waals surface area contributed by atoms with Crippen molar-refractivity contribution in [1.82, 2.24) is 5.32 Å². The van der Waals surface area contributed by atoms with Gasteiger partial charge in [0.05, 0.1) is 0 Å². The van der Waals surface area contributed by atoms with Gasteiger partial charge in [0, 0.05) is 0 Å². The maximum absolute atomic E-state index is 11.5. The van der Waals surface area contributed by atoms with E-state index in [0.717, 1.165) is 12.3 Å². The normalized spacial score (nSPS) is 11.6. The van der Waals surface area contributed by atoms with Crippen LogP contribution in [0.4, 0.5) is 13.2 Å². The van der Waals surface area contributed by atoms with Crippen LogP contribution in [-0.4, -0.2) is 29.5 Å². The molecule has 7 heteroatoms. The SMILES string of the molecule is N=C(/C=C\NCC(F)(F)F)C(=O)O. The van der Waals surface area contributed by atoms with Crippen molar-refractivity contribution in [2.45, 2.75) is 6.18 Å². The van der Waals surface area contributed by atoms with E-state index in [2.05, 4.69) is 0 Å². The molecule has 0 aromatic carbocycles. The molecule has 0 atom stereocenters. The zero-order valence-electron chi connectivity index (χ0n) is 6.35. The minimum absolute atomic E-state index is 0.730. The van der Waals surface area contributed by atoms with Crippen LogP contribution >= 0.6 is 0 Å². The number of rotatable bonds is 4. The summed E-state index contributed by atoms with van der Waals surface area (Å²) in [6.07, 6.45) is -2.85. The van der Waals surface area contributed by atoms with Crippen LogP contribution in [0.5, 0.6) is 0 Å². The van der Waals surface area contributed by atoms with Crippen molar-refractivity contribution in [2.24, 2.45) is 0 Å². The second kappa shape index (κ2) is 4.48. The van der Waals surface area contributed by atoms with Gasteiger partial charge < -0.3 is 10.4 Å². The van der Waals surface area contributed by atoms with Gasteiger partial charge in [0.25, 0.3) is 0 Å². The lowest BCUT2D eigenvalue weighted by Crippen LogP contribution is -2.25. The van der Waals surface area contributed by atoms with Crippen molar-refractivity contribution in [3.63, 3.8) is 0 Å². The second-order valence-electron chi connectivity index (χ2n) is 2.05. The van der Waals surface area contributed by atoms with Crippen LogP contribution in [0.2, 0.25) is 0 Å². The van der Waals surface area contributed by atoms with Gasteiger partial charge in [0.15, 0.2) is 0 Å². The van der Waals surface area contributed by atoms with Gasteiger partial charge in [-0.25, -0.2) is 4.79 Å². The fourth-order valence-electron chi connectivity index (χ4n) is 0.388. The molecule has 74 valence electrons. The van der Waals surface area contributed by atoms with E-state index in [4.69, 9.17) is 10.5 Å². The third-order valence-corrected chi connectivity index (χ3v) is 0.901. The average Bonchev–Trinajstić information content (AvgIpc) is 1.95. The molecule has 0 saturated carbocycles. The molecule has 4 nitrogen and oxygen atoms in total. The Morgan fingerprint density at radius 2 is 2.08 bits per heavy atom. The summed E-state index contributed by atoms with van der Waals surface area (Å²) in [5, 5.41) is 16.6. The van der Waals surface area contributed by atoms with Gasteiger partial charge in [-0.15, -0.1) is 0 Å². The van der Waals surface area contributed by atoms with Crippen molar-refractivity contribution in [2.75, 3.05) is 6.54 Å². The fraction of sp³-hybridized carbons (Fsp3) is 0.333. The van der Waals surface area contributed by atoms with Crippen LogP contribution in [-0.2, 0) is 4.79 Å². The highest BCUT2D eigenvalue weighted by Gasteiger charge is 2.25. The van der Waals surface area contributed by atoms with E-state index in [1.807, 2.05) is 0 Å². The predicted octanol–water partition coefficient (Wildman–Crippen LogP) is 0.756. The molecule has 0 unspecified atom stereocenters. The Labute approximate surface area is 71.6 Å². The van der Waals surface area contributed by atoms with E-state index in [0.29, 0.717) is 0 Å². The molecular formula is C6H7F3N2O2. The van der Waals surface area contributed by atoms with Crippen LogP contribution in [0, 0.1) is 5.41 Å². The van der Waals surface area contributed by atoms with Gasteiger partial charge in [-0.3, -0.25) is 5.41 Å². The molecule has 0 radical (unpaired) electrons. The number of nitrogens with one attached hydrogen (secondary N) is 2. The third-order valence-electron chi connectivity index (χ3n) is 0.901. The summed E-state index contributed by atoms with van der Waals surface area (Å²) in [5.74, 6) is -1.50. The average molecular weight is 196 g/mol. The van der Waals surface area contributed by atoms with E-state index in [1.165, 1.54) is 0 Å². The molecule has 0 aliphatic rings. The summed E-state index contributed by atoms with van der Waals surface area (Å²) in [6, 6.07) is 0. The highest BCUT2D eigenvalue weighted by molar-refractivity contribution is 6.38. The summed E-state index contributed by atoms with van der Waals surface area (Å²) >= 11 is 0. The van der Waals surface area contributed by atoms with Gasteiger partial charge in [-0.05, 0) is 12.3 Å². The van der Waals surface area contributed by atoms with E-state index in [9.17, 15) is 18.0 Å². The molecule has 0 spiro atoms. The Hall–Kier alpha value is -1.53. The van der Waals surface area contributed by atoms with Crippen molar-refractivity contribution in [1.29, 1.82) is 5.41 Å². The Morgan fingerprint density at radius 3 is 2.46 bits per heavy atom. The maximum Gasteiger partial charge on any atom is 0.405 e. The minimum atomic E-state index is -4.35. The highest BCUT2D eigenvalue weighted by atomic mass is 19.4. The number of carbonyl (C=O) groups is 1. The number of carboxylic acids is 1. The van der Waals surface area contributed by atoms with Gasteiger partial charge in [-0.1, -0.05) is 0 Å². The highest BCUT2D eigenvalue weighted by Crippen LogP contribution is 2.11. The van der Waals surface area contributed by atoms with Crippen LogP contribution in [0.3, 0.4) is 0 Å². The topological polar surface area (TPSA) is 73.2 Å². The Bertz CT molecular complexity index is 235. The zero-order chi connectivity index (χ0) is 10.5. The number of alkyl halides is 3. The van der Waals surface area contributed by atoms with Crippen LogP contribution in [0.1, 0.15) is 0 Å². The molecule has 0 aliphatic carbocycles. The summed E-state index contributed by atoms with van der Waals surface area (Å²) < 4.78 is 34.4. The number of hydrogen-bond donors (Lipinski definition) is 3. The van der Waals surface area contributed by atoms with Crippen LogP contribution < -0.4 is 5.32 Å². The maximum atomic E-state index is 11.5. The smallest absolute Gasteiger partial charge is 0.405 e. The first-order valence-electron chi connectivity index (χ1n) is 3.11. The van der Waals surface area contributed by atoms with Crippen molar-refractivity contribution >= 4 is 11.7 Å². The lowest BCUT2D eigenvalue weighted by molar-refractivity contribution is -0.129. The molecule has 0 aromatic rings. The molecule has 0 aliphatic heterocycles. The fourth-order valence-corrected chi connectivity index (χ4v) is 0.388. The lowest BCUT2D eigenvalue weighted by atomic mass is 10.4. The molecule has 0 rings (SSSR count). The molecule has 0 amide bonds. The van der Waals surface area contributed by atoms with Gasteiger partial charge >= 0.3 is 12.1 Å². The molecular weight excluding hydrogens is 189 g/mol. The predicted molar refractivity (Wildman–Crippen MR) is 38.6 cm³/mol. The number of carboxylic acid groups (broad SMARTS) is 1. The zero-order valence-corrected chi connectivity index (χ0v) is 6.35. The molecule has 0 saturated heterocycles. The lowest BCUT2D eigenvalue weighted by Gasteiger charge is -2.04. The van der Waals surface area contributed by atoms with Crippen molar-refractivity contribution in [3.8, 4) is 0 Å². The Balaban J connectivity index is 3.77. The van der Waals surface area contributed by atoms with Crippen molar-refractivity contribution < 1.29 is 23.1 Å². The van der Waals surface area contributed by atoms with Gasteiger partial charge in [0.1, 0.15) is 12.3 Å². The Kier molecular flexibility index (Phi) is 3.96. The molecule has 3 N–H and O–H groups in total. The Morgan fingerprint density at radius 1 is 1.54 bits per heavy atom. The molecule has 0 fully saturated rings. The van der Waals surface area contributed by atoms with E-state index >= 15 is 0 Å². The number of aliphatic carboxylic acids is 1. The summed E-state index contributed by atoms with van der Waals surface area (Å²) in [4.78, 5) is 9.96. The summed E-state index contributed by atoms with van der Waals surface area (Å²) in [5.41, 5.74) is -0.783. The first kappa shape index (κ1) is 11.5. The van der Waals surface area contributed by atoms with Crippen molar-refractivity contribution in [3.05, 3.63) is 12.3 Å². The summed E-state index contributed by atoms with van der Waals surface area (Å²) in [7, 11) is 0. The standard InChI is InChI=1S/C6H7F3N2O2/c7-6(8,9)3-11-2-1-4(10)5(12)13/h1-2,10-11H,3H2,(H,12,13)/b2-1-,10-4?. The first-order valence-corrected chi connectivity index (χ1v) is 3.11. The summed E-state index contributed by atoms with van der Waals surface area (Å²) in [6.45, 7) is -1.25. The molecule has 0 heterocycles. The molecule has 0 aromatic heterocycles. The number of hydrogen-bond acceptors (Lipinski definition) is 3. The first-order chi connectivity index (χ1) is 5.83. The van der Waals surface area contributed by atoms with Gasteiger partial charge in [0.2, 0.25) is 0 Å². The van der Waals surface area contributed by atoms with E-state index in [1.54, 1.807) is 5.32 Å². The van der Waals surface area contributed by atoms with E-state index < -0.39 is 24.4 Å². The quantitative estimate of drug-likeness (QED) is 0.581. The second-order valence-corrected chi connectivity index (χ2v) is 2.05. The molecule has 0 bridgehead atoms. The van der Waals surface area contributed by atoms with Gasteiger partial charge in [-0.2, -0.15) is 13.2 Å². The van der Waals surface area contributed by atoms with Crippen LogP contribution in [0.15, 0.2) is 12.3 Å². The van der Waals surface area contributed by atoms with E-state index in [-0.39, 0.29) is 0 Å². The monoisotopic (exact) mass is 196 g/mol. The largest absolute Gasteiger partial charge is 0.477 e. The minimum Gasteiger partial charge on any atom is -0.477 e.